The van der Waals surface area contributed by atoms with Gasteiger partial charge < -0.3 is 15.4 Å². The molecule has 19 heavy (non-hydrogen) atoms. The molecular weight excluding hydrogens is 240 g/mol. The fourth-order valence-electron chi connectivity index (χ4n) is 2.89. The zero-order valence-corrected chi connectivity index (χ0v) is 12.9. The number of amides is 1. The van der Waals surface area contributed by atoms with Crippen molar-refractivity contribution in [3.8, 4) is 0 Å². The van der Waals surface area contributed by atoms with E-state index >= 15 is 0 Å². The van der Waals surface area contributed by atoms with Crippen LogP contribution < -0.4 is 10.6 Å². The first-order chi connectivity index (χ1) is 8.61. The molecule has 1 saturated heterocycles. The molecule has 1 rings (SSSR count). The first-order valence-corrected chi connectivity index (χ1v) is 6.96. The molecule has 1 amide bonds. The first-order valence-electron chi connectivity index (χ1n) is 6.96. The van der Waals surface area contributed by atoms with Gasteiger partial charge in [0.25, 0.3) is 0 Å². The Kier molecular flexibility index (Phi) is 5.16. The number of rotatable bonds is 5. The second-order valence-electron chi connectivity index (χ2n) is 6.83. The highest BCUT2D eigenvalue weighted by molar-refractivity contribution is 5.91. The summed E-state index contributed by atoms with van der Waals surface area (Å²) in [5.74, 6) is -0.102. The Morgan fingerprint density at radius 2 is 1.84 bits per heavy atom. The van der Waals surface area contributed by atoms with E-state index in [0.717, 1.165) is 12.8 Å². The summed E-state index contributed by atoms with van der Waals surface area (Å²) in [5, 5.41) is 6.41. The maximum Gasteiger partial charge on any atom is 0.246 e. The zero-order chi connectivity index (χ0) is 14.7. The number of nitrogens with one attached hydrogen (secondary N) is 2. The van der Waals surface area contributed by atoms with Crippen LogP contribution in [0.5, 0.6) is 0 Å². The van der Waals surface area contributed by atoms with E-state index in [1.54, 1.807) is 6.92 Å². The fraction of sp³-hybridized carbons (Fsp3) is 0.800. The Labute approximate surface area is 117 Å². The molecule has 4 nitrogen and oxygen atoms in total. The Morgan fingerprint density at radius 3 is 2.32 bits per heavy atom. The Bertz CT molecular complexity index is 332. The van der Waals surface area contributed by atoms with Crippen LogP contribution in [0.1, 0.15) is 47.5 Å². The minimum Gasteiger partial charge on any atom is -0.376 e. The number of piperidine rings is 1. The van der Waals surface area contributed by atoms with Gasteiger partial charge in [-0.15, -0.1) is 0 Å². The number of ether oxygens (including phenoxy) is 1. The van der Waals surface area contributed by atoms with Gasteiger partial charge in [0.1, 0.15) is 0 Å². The van der Waals surface area contributed by atoms with Gasteiger partial charge in [-0.3, -0.25) is 4.79 Å². The van der Waals surface area contributed by atoms with E-state index in [4.69, 9.17) is 4.74 Å². The standard InChI is InChI=1S/C15H28N2O2/c1-11(2)13(18)16-7-8-19-12-9-14(3,4)17-15(5,6)10-12/h12,17H,1,7-10H2,2-6H3,(H,16,18). The van der Waals surface area contributed by atoms with Gasteiger partial charge in [-0.05, 0) is 47.5 Å². The van der Waals surface area contributed by atoms with Crippen molar-refractivity contribution in [2.75, 3.05) is 13.2 Å². The fourth-order valence-corrected chi connectivity index (χ4v) is 2.89. The average Bonchev–Trinajstić information content (AvgIpc) is 2.19. The van der Waals surface area contributed by atoms with Crippen LogP contribution in [-0.2, 0) is 9.53 Å². The molecule has 0 aliphatic carbocycles. The maximum absolute atomic E-state index is 11.3. The van der Waals surface area contributed by atoms with Crippen LogP contribution in [0.3, 0.4) is 0 Å². The van der Waals surface area contributed by atoms with Crippen molar-refractivity contribution >= 4 is 5.91 Å². The van der Waals surface area contributed by atoms with Gasteiger partial charge in [0.15, 0.2) is 0 Å². The average molecular weight is 268 g/mol. The third-order valence-electron chi connectivity index (χ3n) is 3.28. The monoisotopic (exact) mass is 268 g/mol. The topological polar surface area (TPSA) is 50.4 Å². The van der Waals surface area contributed by atoms with Crippen molar-refractivity contribution in [3.05, 3.63) is 12.2 Å². The third kappa shape index (κ3) is 5.74. The molecular formula is C15H28N2O2. The second-order valence-corrected chi connectivity index (χ2v) is 6.83. The molecule has 4 heteroatoms. The molecule has 0 spiro atoms. The van der Waals surface area contributed by atoms with E-state index < -0.39 is 0 Å². The van der Waals surface area contributed by atoms with Crippen molar-refractivity contribution in [2.45, 2.75) is 64.6 Å². The van der Waals surface area contributed by atoms with Crippen molar-refractivity contribution < 1.29 is 9.53 Å². The van der Waals surface area contributed by atoms with Crippen molar-refractivity contribution in [1.29, 1.82) is 0 Å². The van der Waals surface area contributed by atoms with Gasteiger partial charge in [-0.2, -0.15) is 0 Å². The molecule has 0 saturated carbocycles. The minimum atomic E-state index is -0.102. The lowest BCUT2D eigenvalue weighted by atomic mass is 9.81. The van der Waals surface area contributed by atoms with Gasteiger partial charge in [0.2, 0.25) is 5.91 Å². The molecule has 1 fully saturated rings. The second kappa shape index (κ2) is 6.06. The highest BCUT2D eigenvalue weighted by atomic mass is 16.5. The van der Waals surface area contributed by atoms with Gasteiger partial charge in [-0.1, -0.05) is 6.58 Å². The molecule has 1 aliphatic heterocycles. The van der Waals surface area contributed by atoms with Gasteiger partial charge in [0.05, 0.1) is 12.7 Å². The number of hydrogen-bond acceptors (Lipinski definition) is 3. The summed E-state index contributed by atoms with van der Waals surface area (Å²) in [6.07, 6.45) is 2.23. The van der Waals surface area contributed by atoms with Crippen molar-refractivity contribution in [3.63, 3.8) is 0 Å². The maximum atomic E-state index is 11.3. The lowest BCUT2D eigenvalue weighted by Gasteiger charge is -2.46. The van der Waals surface area contributed by atoms with E-state index in [0.29, 0.717) is 18.7 Å². The van der Waals surface area contributed by atoms with Crippen molar-refractivity contribution in [2.24, 2.45) is 0 Å². The summed E-state index contributed by atoms with van der Waals surface area (Å²) in [6, 6.07) is 0. The smallest absolute Gasteiger partial charge is 0.246 e. The summed E-state index contributed by atoms with van der Waals surface area (Å²) < 4.78 is 5.90. The van der Waals surface area contributed by atoms with Crippen molar-refractivity contribution in [1.82, 2.24) is 10.6 Å². The lowest BCUT2D eigenvalue weighted by Crippen LogP contribution is -2.59. The van der Waals surface area contributed by atoms with E-state index in [1.807, 2.05) is 0 Å². The zero-order valence-electron chi connectivity index (χ0n) is 12.9. The summed E-state index contributed by atoms with van der Waals surface area (Å²) in [7, 11) is 0. The first kappa shape index (κ1) is 16.2. The van der Waals surface area contributed by atoms with E-state index in [9.17, 15) is 4.79 Å². The largest absolute Gasteiger partial charge is 0.376 e. The number of carbonyl (C=O) groups is 1. The number of hydrogen-bond donors (Lipinski definition) is 2. The molecule has 0 aromatic carbocycles. The Balaban J connectivity index is 2.33. The van der Waals surface area contributed by atoms with E-state index in [1.165, 1.54) is 0 Å². The van der Waals surface area contributed by atoms with Gasteiger partial charge in [0, 0.05) is 23.2 Å². The predicted molar refractivity (Wildman–Crippen MR) is 78.1 cm³/mol. The van der Waals surface area contributed by atoms with E-state index in [2.05, 4.69) is 44.9 Å². The SMILES string of the molecule is C=C(C)C(=O)NCCOC1CC(C)(C)NC(C)(C)C1. The molecule has 110 valence electrons. The summed E-state index contributed by atoms with van der Waals surface area (Å²) in [6.45, 7) is 15.2. The van der Waals surface area contributed by atoms with Crippen LogP contribution in [-0.4, -0.2) is 36.2 Å². The normalized spacial score (nSPS) is 21.9. The molecule has 0 aromatic heterocycles. The quantitative estimate of drug-likeness (QED) is 0.592. The molecule has 2 N–H and O–H groups in total. The summed E-state index contributed by atoms with van der Waals surface area (Å²) in [4.78, 5) is 11.3. The molecule has 0 atom stereocenters. The van der Waals surface area contributed by atoms with Gasteiger partial charge in [-0.25, -0.2) is 0 Å². The third-order valence-corrected chi connectivity index (χ3v) is 3.28. The van der Waals surface area contributed by atoms with Crippen LogP contribution in [0, 0.1) is 0 Å². The highest BCUT2D eigenvalue weighted by Gasteiger charge is 2.37. The van der Waals surface area contributed by atoms with Crippen LogP contribution in [0.4, 0.5) is 0 Å². The Hall–Kier alpha value is -0.870. The molecule has 0 aromatic rings. The minimum absolute atomic E-state index is 0.0906. The molecule has 0 radical (unpaired) electrons. The van der Waals surface area contributed by atoms with Crippen LogP contribution >= 0.6 is 0 Å². The summed E-state index contributed by atoms with van der Waals surface area (Å²) >= 11 is 0. The lowest BCUT2D eigenvalue weighted by molar-refractivity contribution is -0.118. The highest BCUT2D eigenvalue weighted by Crippen LogP contribution is 2.30. The molecule has 0 unspecified atom stereocenters. The van der Waals surface area contributed by atoms with Crippen LogP contribution in [0.2, 0.25) is 0 Å². The molecule has 0 bridgehead atoms. The van der Waals surface area contributed by atoms with E-state index in [-0.39, 0.29) is 23.1 Å². The molecule has 1 aliphatic rings. The van der Waals surface area contributed by atoms with Gasteiger partial charge >= 0.3 is 0 Å². The number of carbonyl (C=O) groups excluding carboxylic acids is 1. The summed E-state index contributed by atoms with van der Waals surface area (Å²) in [5.41, 5.74) is 0.713. The van der Waals surface area contributed by atoms with Crippen LogP contribution in [0.15, 0.2) is 12.2 Å². The predicted octanol–water partition coefficient (Wildman–Crippen LogP) is 2.00. The van der Waals surface area contributed by atoms with Crippen LogP contribution in [0.25, 0.3) is 0 Å². The molecule has 1 heterocycles. The Morgan fingerprint density at radius 1 is 1.32 bits per heavy atom.